The van der Waals surface area contributed by atoms with Crippen LogP contribution in [0.25, 0.3) is 28.0 Å². The van der Waals surface area contributed by atoms with E-state index in [1.54, 1.807) is 0 Å². The molecule has 0 aliphatic carbocycles. The number of imidazole rings is 1. The van der Waals surface area contributed by atoms with Gasteiger partial charge in [-0.1, -0.05) is 38.1 Å². The molecule has 4 aromatic rings. The van der Waals surface area contributed by atoms with Crippen molar-refractivity contribution in [1.29, 1.82) is 0 Å². The monoisotopic (exact) mass is 341 g/mol. The van der Waals surface area contributed by atoms with Crippen molar-refractivity contribution < 1.29 is 5.94 Å². The van der Waals surface area contributed by atoms with Gasteiger partial charge in [0.1, 0.15) is 12.2 Å². The molecular formula is C23H22N3+. The first-order valence-electron chi connectivity index (χ1n) is 9.53. The average molecular weight is 341 g/mol. The van der Waals surface area contributed by atoms with Gasteiger partial charge in [0.05, 0.1) is 11.3 Å². The number of nitrogens with zero attached hydrogens (tertiary/aromatic N) is 3. The Kier molecular flexibility index (Phi) is 3.03. The van der Waals surface area contributed by atoms with Crippen LogP contribution in [0.2, 0.25) is 0 Å². The van der Waals surface area contributed by atoms with Crippen LogP contribution in [-0.4, -0.2) is 9.55 Å². The number of aromatic nitrogens is 3. The number of para-hydroxylation sites is 2. The maximum atomic E-state index is 8.74. The lowest BCUT2D eigenvalue weighted by atomic mass is 9.90. The van der Waals surface area contributed by atoms with Crippen LogP contribution in [0, 0.1) is 6.92 Å². The maximum absolute atomic E-state index is 8.74. The predicted molar refractivity (Wildman–Crippen MR) is 105 cm³/mol. The first kappa shape index (κ1) is 14.3. The van der Waals surface area contributed by atoms with Crippen molar-refractivity contribution in [3.05, 3.63) is 77.7 Å². The van der Waals surface area contributed by atoms with Crippen molar-refractivity contribution in [2.24, 2.45) is 0 Å². The highest BCUT2D eigenvalue weighted by Crippen LogP contribution is 2.37. The summed E-state index contributed by atoms with van der Waals surface area (Å²) in [5.41, 5.74) is 8.95. The van der Waals surface area contributed by atoms with E-state index in [-0.39, 0.29) is 0 Å². The second-order valence-electron chi connectivity index (χ2n) is 7.25. The molecule has 0 fully saturated rings. The van der Waals surface area contributed by atoms with E-state index in [0.29, 0.717) is 0 Å². The summed E-state index contributed by atoms with van der Waals surface area (Å²) in [4.78, 5) is 4.76. The lowest BCUT2D eigenvalue weighted by Crippen LogP contribution is -2.33. The van der Waals surface area contributed by atoms with Gasteiger partial charge in [-0.3, -0.25) is 4.98 Å². The van der Waals surface area contributed by atoms with Crippen molar-refractivity contribution in [3.63, 3.8) is 0 Å². The fourth-order valence-electron chi connectivity index (χ4n) is 4.08. The summed E-state index contributed by atoms with van der Waals surface area (Å²) in [6.45, 7) is 6.85. The Morgan fingerprint density at radius 3 is 2.81 bits per heavy atom. The average Bonchev–Trinajstić information content (AvgIpc) is 3.00. The number of pyridine rings is 1. The molecule has 0 radical (unpaired) electrons. The van der Waals surface area contributed by atoms with Crippen molar-refractivity contribution in [2.75, 3.05) is 0 Å². The lowest BCUT2D eigenvalue weighted by molar-refractivity contribution is -0.662. The van der Waals surface area contributed by atoms with Gasteiger partial charge in [-0.2, -0.15) is 4.57 Å². The van der Waals surface area contributed by atoms with Crippen LogP contribution in [0.3, 0.4) is 0 Å². The number of hydrogen-bond acceptors (Lipinski definition) is 1. The highest BCUT2D eigenvalue weighted by molar-refractivity contribution is 5.82. The summed E-state index contributed by atoms with van der Waals surface area (Å²) in [6.07, 6.45) is 4.08. The molecule has 4 bridgehead atoms. The Morgan fingerprint density at radius 1 is 1.12 bits per heavy atom. The van der Waals surface area contributed by atoms with Crippen LogP contribution < -0.4 is 4.57 Å². The molecular weight excluding hydrogens is 318 g/mol. The molecule has 1 aliphatic heterocycles. The fourth-order valence-corrected chi connectivity index (χ4v) is 4.08. The Hall–Kier alpha value is -2.94. The normalized spacial score (nSPS) is 13.6. The molecule has 5 rings (SSSR count). The highest BCUT2D eigenvalue weighted by Gasteiger charge is 2.27. The third-order valence-electron chi connectivity index (χ3n) is 5.44. The fraction of sp³-hybridized carbons (Fsp3) is 0.217. The number of rotatable bonds is 1. The van der Waals surface area contributed by atoms with Crippen LogP contribution in [0.4, 0.5) is 0 Å². The van der Waals surface area contributed by atoms with E-state index >= 15 is 0 Å². The van der Waals surface area contributed by atoms with Gasteiger partial charge in [0.15, 0.2) is 11.0 Å². The third kappa shape index (κ3) is 2.07. The summed E-state index contributed by atoms with van der Waals surface area (Å²) in [5, 5.41) is 0. The van der Waals surface area contributed by atoms with Crippen LogP contribution in [0.1, 0.15) is 37.8 Å². The van der Waals surface area contributed by atoms with Crippen molar-refractivity contribution in [3.8, 4) is 16.9 Å². The van der Waals surface area contributed by atoms with Gasteiger partial charge >= 0.3 is 0 Å². The minimum absolute atomic E-state index is 0.720. The van der Waals surface area contributed by atoms with Gasteiger partial charge in [-0.25, -0.2) is 4.57 Å². The molecule has 3 heterocycles. The summed E-state index contributed by atoms with van der Waals surface area (Å²) in [6, 6.07) is 16.9. The predicted octanol–water partition coefficient (Wildman–Crippen LogP) is 4.77. The minimum Gasteiger partial charge on any atom is -0.256 e. The van der Waals surface area contributed by atoms with Gasteiger partial charge < -0.3 is 0 Å². The van der Waals surface area contributed by atoms with E-state index in [9.17, 15) is 0 Å². The SMILES string of the molecule is [2H]C(C)(C)c1cccc2c1-c1nccc(c1C)C[n+]1cn-2c2ccccc21. The van der Waals surface area contributed by atoms with Gasteiger partial charge in [0.25, 0.3) is 0 Å². The summed E-state index contributed by atoms with van der Waals surface area (Å²) >= 11 is 0. The largest absolute Gasteiger partial charge is 0.256 e. The minimum atomic E-state index is -0.720. The zero-order valence-electron chi connectivity index (χ0n) is 16.3. The van der Waals surface area contributed by atoms with Crippen LogP contribution in [0.15, 0.2) is 61.1 Å². The van der Waals surface area contributed by atoms with E-state index in [0.717, 1.165) is 29.1 Å². The second-order valence-corrected chi connectivity index (χ2v) is 7.25. The number of fused-ring (bicyclic) bond motifs is 10. The first-order chi connectivity index (χ1) is 12.9. The molecule has 0 unspecified atom stereocenters. The summed E-state index contributed by atoms with van der Waals surface area (Å²) in [7, 11) is 0. The molecule has 2 aromatic heterocycles. The van der Waals surface area contributed by atoms with E-state index < -0.39 is 5.89 Å². The molecule has 26 heavy (non-hydrogen) atoms. The maximum Gasteiger partial charge on any atom is 0.250 e. The van der Waals surface area contributed by atoms with Crippen LogP contribution in [-0.2, 0) is 6.54 Å². The smallest absolute Gasteiger partial charge is 0.250 e. The van der Waals surface area contributed by atoms with E-state index in [2.05, 4.69) is 70.9 Å². The number of benzene rings is 2. The quantitative estimate of drug-likeness (QED) is 0.402. The Bertz CT molecular complexity index is 1200. The van der Waals surface area contributed by atoms with Crippen molar-refractivity contribution >= 4 is 11.0 Å². The molecule has 0 N–H and O–H groups in total. The van der Waals surface area contributed by atoms with E-state index in [4.69, 9.17) is 6.35 Å². The molecule has 0 atom stereocenters. The molecule has 0 amide bonds. The highest BCUT2D eigenvalue weighted by atomic mass is 15.1. The van der Waals surface area contributed by atoms with Gasteiger partial charge in [-0.15, -0.1) is 0 Å². The second kappa shape index (κ2) is 5.53. The molecule has 1 aliphatic rings. The zero-order valence-corrected chi connectivity index (χ0v) is 15.3. The Morgan fingerprint density at radius 2 is 1.96 bits per heavy atom. The zero-order chi connectivity index (χ0) is 18.8. The standard InChI is InChI=1S/C23H22N3/c1-15(2)18-7-6-10-21-22(18)23-16(3)17(11-12-24-23)13-25-14-26(21)20-9-5-4-8-19(20)25/h4-12,14-15H,13H2,1-3H3/q+1/i15D. The number of hydrogen-bond donors (Lipinski definition) is 0. The Labute approximate surface area is 155 Å². The van der Waals surface area contributed by atoms with Crippen LogP contribution in [0.5, 0.6) is 0 Å². The van der Waals surface area contributed by atoms with Crippen molar-refractivity contribution in [1.82, 2.24) is 9.55 Å². The first-order valence-corrected chi connectivity index (χ1v) is 9.03. The van der Waals surface area contributed by atoms with Crippen molar-refractivity contribution in [2.45, 2.75) is 33.2 Å². The molecule has 0 saturated carbocycles. The van der Waals surface area contributed by atoms with Gasteiger partial charge in [0, 0.05) is 13.1 Å². The molecule has 0 saturated heterocycles. The van der Waals surface area contributed by atoms with Gasteiger partial charge in [0.2, 0.25) is 6.33 Å². The molecule has 128 valence electrons. The Balaban J connectivity index is 2.01. The van der Waals surface area contributed by atoms with Crippen LogP contribution >= 0.6 is 0 Å². The summed E-state index contributed by atoms with van der Waals surface area (Å²) < 4.78 is 13.3. The van der Waals surface area contributed by atoms with Gasteiger partial charge in [-0.05, 0) is 48.2 Å². The van der Waals surface area contributed by atoms with E-state index in [1.165, 1.54) is 22.2 Å². The lowest BCUT2D eigenvalue weighted by Gasteiger charge is -2.17. The van der Waals surface area contributed by atoms with E-state index in [1.807, 2.05) is 20.0 Å². The third-order valence-corrected chi connectivity index (χ3v) is 5.44. The molecule has 3 nitrogen and oxygen atoms in total. The molecule has 3 heteroatoms. The molecule has 2 aromatic carbocycles. The summed E-state index contributed by atoms with van der Waals surface area (Å²) in [5.74, 6) is -0.720. The topological polar surface area (TPSA) is 21.7 Å². The molecule has 0 spiro atoms.